The molecule has 0 aliphatic heterocycles. The van der Waals surface area contributed by atoms with E-state index in [2.05, 4.69) is 4.72 Å². The molecule has 6 heteroatoms. The van der Waals surface area contributed by atoms with Gasteiger partial charge in [0.05, 0.1) is 12.4 Å². The number of nitrogens with one attached hydrogen (secondary N) is 1. The molecule has 1 atom stereocenters. The van der Waals surface area contributed by atoms with Crippen LogP contribution in [0.2, 0.25) is 0 Å². The van der Waals surface area contributed by atoms with E-state index >= 15 is 0 Å². The van der Waals surface area contributed by atoms with Crippen LogP contribution in [0, 0.1) is 0 Å². The molecule has 0 heterocycles. The fourth-order valence-electron chi connectivity index (χ4n) is 1.81. The van der Waals surface area contributed by atoms with Crippen LogP contribution >= 0.6 is 0 Å². The lowest BCUT2D eigenvalue weighted by Gasteiger charge is -2.25. The number of hydrogen-bond acceptors (Lipinski definition) is 4. The van der Waals surface area contributed by atoms with Crippen molar-refractivity contribution >= 4 is 10.0 Å². The molecule has 0 amide bonds. The Labute approximate surface area is 122 Å². The molecule has 1 N–H and O–H groups in total. The molecule has 0 saturated carbocycles. The van der Waals surface area contributed by atoms with Gasteiger partial charge in [-0.25, -0.2) is 13.1 Å². The zero-order valence-electron chi connectivity index (χ0n) is 12.8. The Balaban J connectivity index is 2.90. The number of benzene rings is 1. The van der Waals surface area contributed by atoms with Crippen molar-refractivity contribution in [3.05, 3.63) is 29.8 Å². The summed E-state index contributed by atoms with van der Waals surface area (Å²) in [6, 6.07) is 7.63. The average Bonchev–Trinajstić information content (AvgIpc) is 2.38. The van der Waals surface area contributed by atoms with Gasteiger partial charge in [-0.1, -0.05) is 12.1 Å². The third kappa shape index (κ3) is 4.47. The molecule has 1 unspecified atom stereocenters. The number of sulfonamides is 1. The Morgan fingerprint density at radius 1 is 1.30 bits per heavy atom. The van der Waals surface area contributed by atoms with Crippen molar-refractivity contribution in [1.82, 2.24) is 9.62 Å². The quantitative estimate of drug-likeness (QED) is 0.831. The van der Waals surface area contributed by atoms with Crippen molar-refractivity contribution in [1.29, 1.82) is 0 Å². The van der Waals surface area contributed by atoms with Crippen LogP contribution in [-0.4, -0.2) is 46.3 Å². The van der Waals surface area contributed by atoms with E-state index in [1.54, 1.807) is 21.0 Å². The van der Waals surface area contributed by atoms with E-state index in [9.17, 15) is 8.42 Å². The minimum Gasteiger partial charge on any atom is -0.497 e. The molecule has 0 bridgehead atoms. The van der Waals surface area contributed by atoms with Crippen LogP contribution in [0.1, 0.15) is 25.5 Å². The van der Waals surface area contributed by atoms with Gasteiger partial charge in [-0.2, -0.15) is 0 Å². The number of likely N-dealkylation sites (N-methyl/N-ethyl adjacent to an activating group) is 1. The molecule has 0 saturated heterocycles. The second-order valence-corrected chi connectivity index (χ2v) is 7.52. The largest absolute Gasteiger partial charge is 0.497 e. The predicted molar refractivity (Wildman–Crippen MR) is 81.5 cm³/mol. The van der Waals surface area contributed by atoms with Gasteiger partial charge in [0.15, 0.2) is 0 Å². The maximum Gasteiger partial charge on any atom is 0.213 e. The van der Waals surface area contributed by atoms with Crippen LogP contribution in [0.5, 0.6) is 5.75 Å². The number of rotatable bonds is 7. The van der Waals surface area contributed by atoms with E-state index in [1.807, 2.05) is 43.3 Å². The van der Waals surface area contributed by atoms with E-state index < -0.39 is 15.3 Å². The fraction of sp³-hybridized carbons (Fsp3) is 0.571. The monoisotopic (exact) mass is 300 g/mol. The maximum absolute atomic E-state index is 11.9. The third-order valence-electron chi connectivity index (χ3n) is 3.20. The highest BCUT2D eigenvalue weighted by molar-refractivity contribution is 7.90. The number of hydrogen-bond donors (Lipinski definition) is 1. The molecular weight excluding hydrogens is 276 g/mol. The molecular formula is C14H24N2O3S. The van der Waals surface area contributed by atoms with Crippen LogP contribution in [-0.2, 0) is 10.0 Å². The van der Waals surface area contributed by atoms with Gasteiger partial charge >= 0.3 is 0 Å². The van der Waals surface area contributed by atoms with Crippen LogP contribution < -0.4 is 9.46 Å². The Morgan fingerprint density at radius 2 is 1.95 bits per heavy atom. The van der Waals surface area contributed by atoms with Gasteiger partial charge in [-0.3, -0.25) is 0 Å². The van der Waals surface area contributed by atoms with Crippen molar-refractivity contribution in [3.8, 4) is 5.75 Å². The van der Waals surface area contributed by atoms with Gasteiger partial charge in [0.1, 0.15) is 5.75 Å². The van der Waals surface area contributed by atoms with Gasteiger partial charge in [-0.15, -0.1) is 0 Å². The van der Waals surface area contributed by atoms with Crippen molar-refractivity contribution in [3.63, 3.8) is 0 Å². The summed E-state index contributed by atoms with van der Waals surface area (Å²) in [6.07, 6.45) is 0. The average molecular weight is 300 g/mol. The smallest absolute Gasteiger partial charge is 0.213 e. The Kier molecular flexibility index (Phi) is 5.98. The standard InChI is InChI=1S/C14H24N2O3S/c1-11(2)20(17,18)15-10-14(16(3)4)12-7-6-8-13(9-12)19-5/h6-9,11,14-15H,10H2,1-5H3. The molecule has 0 aliphatic rings. The summed E-state index contributed by atoms with van der Waals surface area (Å²) in [4.78, 5) is 1.98. The van der Waals surface area contributed by atoms with Crippen molar-refractivity contribution in [2.24, 2.45) is 0 Å². The maximum atomic E-state index is 11.9. The van der Waals surface area contributed by atoms with Crippen LogP contribution in [0.25, 0.3) is 0 Å². The van der Waals surface area contributed by atoms with Crippen molar-refractivity contribution < 1.29 is 13.2 Å². The van der Waals surface area contributed by atoms with Crippen molar-refractivity contribution in [2.45, 2.75) is 25.1 Å². The van der Waals surface area contributed by atoms with E-state index in [-0.39, 0.29) is 6.04 Å². The van der Waals surface area contributed by atoms with Crippen LogP contribution in [0.3, 0.4) is 0 Å². The lowest BCUT2D eigenvalue weighted by molar-refractivity contribution is 0.298. The zero-order chi connectivity index (χ0) is 15.3. The van der Waals surface area contributed by atoms with E-state index in [0.717, 1.165) is 11.3 Å². The number of nitrogens with zero attached hydrogens (tertiary/aromatic N) is 1. The first-order valence-electron chi connectivity index (χ1n) is 6.56. The summed E-state index contributed by atoms with van der Waals surface area (Å²) < 4.78 is 31.6. The first-order valence-corrected chi connectivity index (χ1v) is 8.11. The molecule has 0 radical (unpaired) electrons. The minimum absolute atomic E-state index is 0.0429. The second kappa shape index (κ2) is 7.06. The van der Waals surface area contributed by atoms with Gasteiger partial charge in [0.25, 0.3) is 0 Å². The molecule has 0 aromatic heterocycles. The summed E-state index contributed by atoms with van der Waals surface area (Å²) in [6.45, 7) is 3.66. The zero-order valence-corrected chi connectivity index (χ0v) is 13.6. The Hall–Kier alpha value is -1.11. The highest BCUT2D eigenvalue weighted by Gasteiger charge is 2.20. The Bertz CT molecular complexity index is 527. The summed E-state index contributed by atoms with van der Waals surface area (Å²) in [5, 5.41) is -0.435. The summed E-state index contributed by atoms with van der Waals surface area (Å²) in [5.74, 6) is 0.765. The molecule has 1 aromatic rings. The van der Waals surface area contributed by atoms with E-state index in [4.69, 9.17) is 4.74 Å². The lowest BCUT2D eigenvalue weighted by Crippen LogP contribution is -2.37. The van der Waals surface area contributed by atoms with Gasteiger partial charge in [0, 0.05) is 12.6 Å². The third-order valence-corrected chi connectivity index (χ3v) is 5.01. The summed E-state index contributed by atoms with van der Waals surface area (Å²) in [5.41, 5.74) is 1.01. The van der Waals surface area contributed by atoms with E-state index in [0.29, 0.717) is 6.54 Å². The van der Waals surface area contributed by atoms with Gasteiger partial charge < -0.3 is 9.64 Å². The summed E-state index contributed by atoms with van der Waals surface area (Å²) >= 11 is 0. The second-order valence-electron chi connectivity index (χ2n) is 5.20. The molecule has 0 fully saturated rings. The number of ether oxygens (including phenoxy) is 1. The predicted octanol–water partition coefficient (Wildman–Crippen LogP) is 1.63. The minimum atomic E-state index is -3.26. The van der Waals surface area contributed by atoms with E-state index in [1.165, 1.54) is 0 Å². The van der Waals surface area contributed by atoms with Gasteiger partial charge in [0.2, 0.25) is 10.0 Å². The normalized spacial score (nSPS) is 13.8. The molecule has 0 spiro atoms. The topological polar surface area (TPSA) is 58.6 Å². The Morgan fingerprint density at radius 3 is 2.45 bits per heavy atom. The molecule has 5 nitrogen and oxygen atoms in total. The fourth-order valence-corrected chi connectivity index (χ4v) is 2.53. The molecule has 0 aliphatic carbocycles. The first-order chi connectivity index (χ1) is 9.27. The molecule has 1 rings (SSSR count). The summed E-state index contributed by atoms with van der Waals surface area (Å²) in [7, 11) is 2.21. The van der Waals surface area contributed by atoms with Crippen LogP contribution in [0.4, 0.5) is 0 Å². The first kappa shape index (κ1) is 16.9. The number of methoxy groups -OCH3 is 1. The molecule has 114 valence electrons. The van der Waals surface area contributed by atoms with Crippen molar-refractivity contribution in [2.75, 3.05) is 27.7 Å². The molecule has 20 heavy (non-hydrogen) atoms. The lowest BCUT2D eigenvalue weighted by atomic mass is 10.1. The highest BCUT2D eigenvalue weighted by atomic mass is 32.2. The SMILES string of the molecule is COc1cccc(C(CNS(=O)(=O)C(C)C)N(C)C)c1. The van der Waals surface area contributed by atoms with Crippen LogP contribution in [0.15, 0.2) is 24.3 Å². The highest BCUT2D eigenvalue weighted by Crippen LogP contribution is 2.22. The van der Waals surface area contributed by atoms with Gasteiger partial charge in [-0.05, 0) is 45.6 Å². The molecule has 1 aromatic carbocycles.